The van der Waals surface area contributed by atoms with Crippen molar-refractivity contribution in [1.29, 1.82) is 0 Å². The SMILES string of the molecule is O=C(CC(=O)Nc1c(Cl)cccc1Cl)NCCN1CCOCC1. The highest BCUT2D eigenvalue weighted by molar-refractivity contribution is 6.39. The molecule has 1 aliphatic heterocycles. The zero-order chi connectivity index (χ0) is 16.7. The van der Waals surface area contributed by atoms with Gasteiger partial charge in [-0.05, 0) is 12.1 Å². The van der Waals surface area contributed by atoms with Crippen molar-refractivity contribution in [1.82, 2.24) is 10.2 Å². The quantitative estimate of drug-likeness (QED) is 0.759. The molecule has 0 spiro atoms. The minimum absolute atomic E-state index is 0.273. The van der Waals surface area contributed by atoms with Gasteiger partial charge in [-0.2, -0.15) is 0 Å². The van der Waals surface area contributed by atoms with E-state index in [-0.39, 0.29) is 12.3 Å². The van der Waals surface area contributed by atoms with Crippen molar-refractivity contribution in [3.8, 4) is 0 Å². The number of carbonyl (C=O) groups is 2. The molecule has 0 atom stereocenters. The zero-order valence-corrected chi connectivity index (χ0v) is 14.1. The molecule has 1 saturated heterocycles. The molecule has 0 unspecified atom stereocenters. The number of nitrogens with zero attached hydrogens (tertiary/aromatic N) is 1. The molecule has 0 saturated carbocycles. The Labute approximate surface area is 145 Å². The van der Waals surface area contributed by atoms with Gasteiger partial charge >= 0.3 is 0 Å². The van der Waals surface area contributed by atoms with Crippen molar-refractivity contribution < 1.29 is 14.3 Å². The summed E-state index contributed by atoms with van der Waals surface area (Å²) < 4.78 is 5.25. The van der Waals surface area contributed by atoms with Crippen molar-refractivity contribution in [2.45, 2.75) is 6.42 Å². The molecule has 2 amide bonds. The summed E-state index contributed by atoms with van der Waals surface area (Å²) in [6.45, 7) is 4.40. The maximum atomic E-state index is 11.9. The first-order valence-corrected chi connectivity index (χ1v) is 8.12. The van der Waals surface area contributed by atoms with Gasteiger partial charge in [0.1, 0.15) is 6.42 Å². The fraction of sp³-hybridized carbons (Fsp3) is 0.467. The number of hydrogen-bond acceptors (Lipinski definition) is 4. The third-order valence-corrected chi connectivity index (χ3v) is 4.03. The minimum Gasteiger partial charge on any atom is -0.379 e. The lowest BCUT2D eigenvalue weighted by atomic mass is 10.3. The molecule has 8 heteroatoms. The van der Waals surface area contributed by atoms with Crippen LogP contribution < -0.4 is 10.6 Å². The number of morpholine rings is 1. The van der Waals surface area contributed by atoms with Crippen LogP contribution in [0, 0.1) is 0 Å². The number of ether oxygens (including phenoxy) is 1. The molecule has 1 aromatic rings. The number of para-hydroxylation sites is 1. The Hall–Kier alpha value is -1.34. The fourth-order valence-electron chi connectivity index (χ4n) is 2.19. The maximum absolute atomic E-state index is 11.9. The lowest BCUT2D eigenvalue weighted by molar-refractivity contribution is -0.126. The highest BCUT2D eigenvalue weighted by atomic mass is 35.5. The van der Waals surface area contributed by atoms with E-state index < -0.39 is 5.91 Å². The van der Waals surface area contributed by atoms with Crippen molar-refractivity contribution >= 4 is 40.7 Å². The van der Waals surface area contributed by atoms with Crippen LogP contribution in [0.3, 0.4) is 0 Å². The van der Waals surface area contributed by atoms with E-state index in [1.54, 1.807) is 18.2 Å². The van der Waals surface area contributed by atoms with E-state index >= 15 is 0 Å². The Kier molecular flexibility index (Phi) is 7.11. The van der Waals surface area contributed by atoms with Gasteiger partial charge in [-0.15, -0.1) is 0 Å². The van der Waals surface area contributed by atoms with Crippen LogP contribution in [-0.2, 0) is 14.3 Å². The molecule has 0 aromatic heterocycles. The van der Waals surface area contributed by atoms with E-state index in [2.05, 4.69) is 15.5 Å². The van der Waals surface area contributed by atoms with Crippen LogP contribution in [-0.4, -0.2) is 56.1 Å². The molecule has 1 aliphatic rings. The second-order valence-electron chi connectivity index (χ2n) is 5.13. The summed E-state index contributed by atoms with van der Waals surface area (Å²) in [5.41, 5.74) is 0.321. The fourth-order valence-corrected chi connectivity index (χ4v) is 2.68. The lowest BCUT2D eigenvalue weighted by Crippen LogP contribution is -2.41. The van der Waals surface area contributed by atoms with Gasteiger partial charge in [0.15, 0.2) is 0 Å². The van der Waals surface area contributed by atoms with Crippen molar-refractivity contribution in [2.75, 3.05) is 44.7 Å². The average Bonchev–Trinajstić information content (AvgIpc) is 2.52. The molecule has 1 aromatic carbocycles. The van der Waals surface area contributed by atoms with Crippen LogP contribution in [0.25, 0.3) is 0 Å². The minimum atomic E-state index is -0.455. The third-order valence-electron chi connectivity index (χ3n) is 3.40. The summed E-state index contributed by atoms with van der Waals surface area (Å²) in [5, 5.41) is 5.95. The van der Waals surface area contributed by atoms with E-state index in [1.165, 1.54) is 0 Å². The molecule has 126 valence electrons. The number of halogens is 2. The molecule has 0 radical (unpaired) electrons. The van der Waals surface area contributed by atoms with Crippen molar-refractivity contribution in [3.63, 3.8) is 0 Å². The highest BCUT2D eigenvalue weighted by Crippen LogP contribution is 2.29. The van der Waals surface area contributed by atoms with Crippen LogP contribution in [0.15, 0.2) is 18.2 Å². The van der Waals surface area contributed by atoms with E-state index in [9.17, 15) is 9.59 Å². The first kappa shape index (κ1) is 18.0. The van der Waals surface area contributed by atoms with Gasteiger partial charge in [0, 0.05) is 26.2 Å². The van der Waals surface area contributed by atoms with Crippen LogP contribution in [0.1, 0.15) is 6.42 Å². The number of nitrogens with one attached hydrogen (secondary N) is 2. The Morgan fingerprint density at radius 2 is 1.78 bits per heavy atom. The van der Waals surface area contributed by atoms with E-state index in [0.717, 1.165) is 32.8 Å². The van der Waals surface area contributed by atoms with Gasteiger partial charge in [-0.25, -0.2) is 0 Å². The van der Waals surface area contributed by atoms with Gasteiger partial charge in [-0.3, -0.25) is 14.5 Å². The summed E-state index contributed by atoms with van der Waals surface area (Å²) >= 11 is 11.9. The molecular formula is C15H19Cl2N3O3. The molecule has 6 nitrogen and oxygen atoms in total. The molecule has 2 N–H and O–H groups in total. The summed E-state index contributed by atoms with van der Waals surface area (Å²) in [6.07, 6.45) is -0.273. The van der Waals surface area contributed by atoms with Crippen LogP contribution in [0.4, 0.5) is 5.69 Å². The molecule has 1 heterocycles. The zero-order valence-electron chi connectivity index (χ0n) is 12.6. The Balaban J connectivity index is 1.71. The third kappa shape index (κ3) is 5.99. The maximum Gasteiger partial charge on any atom is 0.233 e. The van der Waals surface area contributed by atoms with Crippen LogP contribution in [0.5, 0.6) is 0 Å². The number of rotatable bonds is 6. The Morgan fingerprint density at radius 1 is 1.13 bits per heavy atom. The summed E-state index contributed by atoms with van der Waals surface area (Å²) in [6, 6.07) is 4.91. The Morgan fingerprint density at radius 3 is 2.43 bits per heavy atom. The first-order chi connectivity index (χ1) is 11.1. The van der Waals surface area contributed by atoms with Crippen LogP contribution in [0.2, 0.25) is 10.0 Å². The molecule has 0 bridgehead atoms. The van der Waals surface area contributed by atoms with Gasteiger partial charge < -0.3 is 15.4 Å². The topological polar surface area (TPSA) is 70.7 Å². The van der Waals surface area contributed by atoms with E-state index in [1.807, 2.05) is 0 Å². The first-order valence-electron chi connectivity index (χ1n) is 7.37. The predicted octanol–water partition coefficient (Wildman–Crippen LogP) is 1.77. The molecule has 0 aliphatic carbocycles. The average molecular weight is 360 g/mol. The predicted molar refractivity (Wildman–Crippen MR) is 90.0 cm³/mol. The number of amides is 2. The number of carbonyl (C=O) groups excluding carboxylic acids is 2. The summed E-state index contributed by atoms with van der Waals surface area (Å²) in [5.74, 6) is -0.789. The molecule has 23 heavy (non-hydrogen) atoms. The Bertz CT molecular complexity index is 543. The van der Waals surface area contributed by atoms with Crippen LogP contribution >= 0.6 is 23.2 Å². The van der Waals surface area contributed by atoms with E-state index in [0.29, 0.717) is 22.3 Å². The lowest BCUT2D eigenvalue weighted by Gasteiger charge is -2.26. The largest absolute Gasteiger partial charge is 0.379 e. The highest BCUT2D eigenvalue weighted by Gasteiger charge is 2.14. The van der Waals surface area contributed by atoms with E-state index in [4.69, 9.17) is 27.9 Å². The van der Waals surface area contributed by atoms with Gasteiger partial charge in [0.25, 0.3) is 0 Å². The second kappa shape index (κ2) is 9.08. The number of anilines is 1. The monoisotopic (exact) mass is 359 g/mol. The molecule has 2 rings (SSSR count). The van der Waals surface area contributed by atoms with Gasteiger partial charge in [0.05, 0.1) is 28.9 Å². The van der Waals surface area contributed by atoms with Crippen molar-refractivity contribution in [2.24, 2.45) is 0 Å². The molecular weight excluding hydrogens is 341 g/mol. The number of hydrogen-bond donors (Lipinski definition) is 2. The normalized spacial score (nSPS) is 15.2. The van der Waals surface area contributed by atoms with Gasteiger partial charge in [-0.1, -0.05) is 29.3 Å². The standard InChI is InChI=1S/C15H19Cl2N3O3/c16-11-2-1-3-12(17)15(11)19-14(22)10-13(21)18-4-5-20-6-8-23-9-7-20/h1-3H,4-10H2,(H,18,21)(H,19,22). The van der Waals surface area contributed by atoms with Gasteiger partial charge in [0.2, 0.25) is 11.8 Å². The smallest absolute Gasteiger partial charge is 0.233 e. The molecule has 1 fully saturated rings. The van der Waals surface area contributed by atoms with Crippen molar-refractivity contribution in [3.05, 3.63) is 28.2 Å². The second-order valence-corrected chi connectivity index (χ2v) is 5.94. The summed E-state index contributed by atoms with van der Waals surface area (Å²) in [4.78, 5) is 25.9. The number of benzene rings is 1. The summed E-state index contributed by atoms with van der Waals surface area (Å²) in [7, 11) is 0.